The fraction of sp³-hybridized carbons (Fsp3) is 0.176. The molecule has 0 atom stereocenters. The zero-order valence-electron chi connectivity index (χ0n) is 13.9. The molecule has 7 nitrogen and oxygen atoms in total. The number of ketones is 1. The molecule has 0 radical (unpaired) electrons. The number of carbonyl (C=O) groups is 2. The Labute approximate surface area is 158 Å². The number of hydrogen-bond acceptors (Lipinski definition) is 8. The van der Waals surface area contributed by atoms with Gasteiger partial charge in [-0.15, -0.1) is 10.2 Å². The van der Waals surface area contributed by atoms with E-state index in [1.807, 2.05) is 12.1 Å². The highest BCUT2D eigenvalue weighted by Crippen LogP contribution is 2.26. The summed E-state index contributed by atoms with van der Waals surface area (Å²) in [4.78, 5) is 23.3. The van der Waals surface area contributed by atoms with Crippen LogP contribution in [0.2, 0.25) is 0 Å². The number of rotatable bonds is 8. The monoisotopic (exact) mass is 388 g/mol. The number of anilines is 2. The number of benzene rings is 1. The summed E-state index contributed by atoms with van der Waals surface area (Å²) in [5, 5.41) is 14.7. The fourth-order valence-electron chi connectivity index (χ4n) is 2.03. The van der Waals surface area contributed by atoms with Crippen LogP contribution in [0.1, 0.15) is 23.0 Å². The Balaban J connectivity index is 1.44. The van der Waals surface area contributed by atoms with Gasteiger partial charge in [0.15, 0.2) is 10.1 Å². The molecule has 2 aromatic heterocycles. The third kappa shape index (κ3) is 5.17. The molecular weight excluding hydrogens is 372 g/mol. The molecule has 0 saturated carbocycles. The van der Waals surface area contributed by atoms with E-state index in [-0.39, 0.29) is 17.4 Å². The topological polar surface area (TPSA) is 97.1 Å². The normalized spacial score (nSPS) is 10.5. The maximum Gasteiger partial charge on any atom is 0.234 e. The average Bonchev–Trinajstić information content (AvgIpc) is 3.30. The smallest absolute Gasteiger partial charge is 0.234 e. The van der Waals surface area contributed by atoms with Crippen LogP contribution in [-0.2, 0) is 11.3 Å². The van der Waals surface area contributed by atoms with Crippen LogP contribution in [0.25, 0.3) is 0 Å². The van der Waals surface area contributed by atoms with E-state index < -0.39 is 0 Å². The Kier molecular flexibility index (Phi) is 6.03. The molecule has 9 heteroatoms. The van der Waals surface area contributed by atoms with Crippen molar-refractivity contribution in [3.8, 4) is 0 Å². The predicted octanol–water partition coefficient (Wildman–Crippen LogP) is 3.68. The number of carbonyl (C=O) groups excluding carboxylic acids is 2. The first-order chi connectivity index (χ1) is 12.6. The van der Waals surface area contributed by atoms with Gasteiger partial charge in [-0.1, -0.05) is 23.1 Å². The quantitative estimate of drug-likeness (QED) is 0.449. The molecule has 0 unspecified atom stereocenters. The molecule has 0 saturated heterocycles. The first-order valence-electron chi connectivity index (χ1n) is 7.73. The summed E-state index contributed by atoms with van der Waals surface area (Å²) in [7, 11) is 0. The minimum absolute atomic E-state index is 0.00818. The average molecular weight is 388 g/mol. The molecule has 2 N–H and O–H groups in total. The predicted molar refractivity (Wildman–Crippen MR) is 102 cm³/mol. The van der Waals surface area contributed by atoms with Gasteiger partial charge in [0.05, 0.1) is 18.6 Å². The van der Waals surface area contributed by atoms with Gasteiger partial charge in [0.25, 0.3) is 0 Å². The van der Waals surface area contributed by atoms with Crippen molar-refractivity contribution in [2.45, 2.75) is 17.8 Å². The lowest BCUT2D eigenvalue weighted by Gasteiger charge is -2.04. The molecule has 26 heavy (non-hydrogen) atoms. The second-order valence-corrected chi connectivity index (χ2v) is 7.48. The van der Waals surface area contributed by atoms with Gasteiger partial charge in [0, 0.05) is 11.3 Å². The molecule has 0 bridgehead atoms. The largest absolute Gasteiger partial charge is 0.467 e. The third-order valence-electron chi connectivity index (χ3n) is 3.30. The Hall–Kier alpha value is -2.65. The first-order valence-corrected chi connectivity index (χ1v) is 9.54. The molecule has 3 aromatic rings. The molecule has 3 rings (SSSR count). The van der Waals surface area contributed by atoms with Crippen molar-refractivity contribution in [2.24, 2.45) is 0 Å². The van der Waals surface area contributed by atoms with Crippen LogP contribution in [0, 0.1) is 0 Å². The highest BCUT2D eigenvalue weighted by atomic mass is 32.2. The van der Waals surface area contributed by atoms with Crippen molar-refractivity contribution < 1.29 is 14.0 Å². The lowest BCUT2D eigenvalue weighted by molar-refractivity contribution is -0.113. The van der Waals surface area contributed by atoms with Gasteiger partial charge in [-0.2, -0.15) is 0 Å². The summed E-state index contributed by atoms with van der Waals surface area (Å²) >= 11 is 2.69. The van der Waals surface area contributed by atoms with E-state index in [1.54, 1.807) is 30.5 Å². The molecule has 0 fully saturated rings. The van der Waals surface area contributed by atoms with Gasteiger partial charge in [0.1, 0.15) is 5.76 Å². The van der Waals surface area contributed by atoms with Crippen LogP contribution in [-0.4, -0.2) is 27.6 Å². The number of furan rings is 1. The van der Waals surface area contributed by atoms with E-state index in [0.717, 1.165) is 5.76 Å². The van der Waals surface area contributed by atoms with Gasteiger partial charge in [-0.05, 0) is 43.3 Å². The first kappa shape index (κ1) is 18.2. The van der Waals surface area contributed by atoms with Crippen LogP contribution in [0.4, 0.5) is 10.8 Å². The number of Topliss-reactive ketones (excluding diaryl/α,β-unsaturated/α-hetero) is 1. The van der Waals surface area contributed by atoms with Crippen molar-refractivity contribution in [3.63, 3.8) is 0 Å². The Morgan fingerprint density at radius 2 is 2.00 bits per heavy atom. The summed E-state index contributed by atoms with van der Waals surface area (Å²) in [6, 6.07) is 10.5. The molecule has 0 spiro atoms. The van der Waals surface area contributed by atoms with E-state index in [2.05, 4.69) is 20.8 Å². The molecule has 0 aliphatic carbocycles. The molecule has 1 amide bonds. The minimum Gasteiger partial charge on any atom is -0.467 e. The van der Waals surface area contributed by atoms with E-state index in [9.17, 15) is 9.59 Å². The van der Waals surface area contributed by atoms with Crippen molar-refractivity contribution >= 4 is 45.6 Å². The molecule has 134 valence electrons. The van der Waals surface area contributed by atoms with Crippen molar-refractivity contribution in [2.75, 3.05) is 16.4 Å². The summed E-state index contributed by atoms with van der Waals surface area (Å²) < 4.78 is 5.94. The van der Waals surface area contributed by atoms with Crippen LogP contribution >= 0.6 is 23.1 Å². The zero-order valence-corrected chi connectivity index (χ0v) is 15.5. The standard InChI is InChI=1S/C17H16N4O3S2/c1-11(22)12-4-6-13(7-5-12)19-15(23)10-25-17-21-20-16(26-17)18-9-14-3-2-8-24-14/h2-8H,9-10H2,1H3,(H,18,20)(H,19,23). The highest BCUT2D eigenvalue weighted by molar-refractivity contribution is 8.01. The lowest BCUT2D eigenvalue weighted by atomic mass is 10.1. The fourth-order valence-corrected chi connectivity index (χ4v) is 3.58. The van der Waals surface area contributed by atoms with E-state index in [1.165, 1.54) is 30.0 Å². The Morgan fingerprint density at radius 1 is 1.19 bits per heavy atom. The van der Waals surface area contributed by atoms with Gasteiger partial charge >= 0.3 is 0 Å². The Bertz CT molecular complexity index is 876. The van der Waals surface area contributed by atoms with E-state index >= 15 is 0 Å². The second kappa shape index (κ2) is 8.63. The van der Waals surface area contributed by atoms with Crippen molar-refractivity contribution in [1.82, 2.24) is 10.2 Å². The minimum atomic E-state index is -0.147. The Morgan fingerprint density at radius 3 is 2.69 bits per heavy atom. The number of amides is 1. The number of thioether (sulfide) groups is 1. The molecule has 0 aliphatic heterocycles. The van der Waals surface area contributed by atoms with E-state index in [4.69, 9.17) is 4.42 Å². The van der Waals surface area contributed by atoms with Crippen LogP contribution in [0.5, 0.6) is 0 Å². The van der Waals surface area contributed by atoms with Crippen molar-refractivity contribution in [1.29, 1.82) is 0 Å². The SMILES string of the molecule is CC(=O)c1ccc(NC(=O)CSc2nnc(NCc3ccco3)s2)cc1. The van der Waals surface area contributed by atoms with Gasteiger partial charge in [0.2, 0.25) is 11.0 Å². The molecule has 2 heterocycles. The van der Waals surface area contributed by atoms with Crippen LogP contribution in [0.3, 0.4) is 0 Å². The summed E-state index contributed by atoms with van der Waals surface area (Å²) in [6.45, 7) is 2.03. The maximum atomic E-state index is 12.0. The second-order valence-electron chi connectivity index (χ2n) is 5.28. The van der Waals surface area contributed by atoms with Crippen LogP contribution in [0.15, 0.2) is 51.4 Å². The van der Waals surface area contributed by atoms with Crippen molar-refractivity contribution in [3.05, 3.63) is 54.0 Å². The van der Waals surface area contributed by atoms with Gasteiger partial charge in [-0.25, -0.2) is 0 Å². The van der Waals surface area contributed by atoms with Crippen LogP contribution < -0.4 is 10.6 Å². The number of nitrogens with zero attached hydrogens (tertiary/aromatic N) is 2. The summed E-state index contributed by atoms with van der Waals surface area (Å²) in [5.41, 5.74) is 1.26. The number of nitrogens with one attached hydrogen (secondary N) is 2. The lowest BCUT2D eigenvalue weighted by Crippen LogP contribution is -2.14. The molecule has 0 aliphatic rings. The van der Waals surface area contributed by atoms with Gasteiger partial charge in [-0.3, -0.25) is 9.59 Å². The maximum absolute atomic E-state index is 12.0. The zero-order chi connectivity index (χ0) is 18.4. The highest BCUT2D eigenvalue weighted by Gasteiger charge is 2.09. The summed E-state index contributed by atoms with van der Waals surface area (Å²) in [6.07, 6.45) is 1.62. The number of hydrogen-bond donors (Lipinski definition) is 2. The number of aromatic nitrogens is 2. The van der Waals surface area contributed by atoms with Gasteiger partial charge < -0.3 is 15.1 Å². The molecular formula is C17H16N4O3S2. The third-order valence-corrected chi connectivity index (χ3v) is 5.32. The summed E-state index contributed by atoms with van der Waals surface area (Å²) in [5.74, 6) is 0.878. The van der Waals surface area contributed by atoms with E-state index in [0.29, 0.717) is 27.3 Å². The molecule has 1 aromatic carbocycles.